The van der Waals surface area contributed by atoms with Gasteiger partial charge in [-0.25, -0.2) is 4.79 Å². The molecule has 88 valence electrons. The third-order valence-corrected chi connectivity index (χ3v) is 2.34. The van der Waals surface area contributed by atoms with Crippen LogP contribution in [0.25, 0.3) is 0 Å². The molecule has 1 aromatic rings. The van der Waals surface area contributed by atoms with Crippen molar-refractivity contribution < 1.29 is 20.1 Å². The van der Waals surface area contributed by atoms with Crippen molar-refractivity contribution in [2.75, 3.05) is 5.88 Å². The molecule has 0 aliphatic carbocycles. The van der Waals surface area contributed by atoms with Gasteiger partial charge in [0.15, 0.2) is 0 Å². The maximum absolute atomic E-state index is 10.8. The Morgan fingerprint density at radius 2 is 2.19 bits per heavy atom. The van der Waals surface area contributed by atoms with Crippen LogP contribution in [0.2, 0.25) is 0 Å². The Morgan fingerprint density at radius 1 is 1.50 bits per heavy atom. The summed E-state index contributed by atoms with van der Waals surface area (Å²) in [6.45, 7) is 0. The molecule has 0 radical (unpaired) electrons. The van der Waals surface area contributed by atoms with Gasteiger partial charge in [0.05, 0.1) is 17.4 Å². The zero-order valence-electron chi connectivity index (χ0n) is 8.38. The number of carbonyl (C=O) groups is 1. The number of hydrogen-bond donors (Lipinski definition) is 3. The largest absolute Gasteiger partial charge is 0.478 e. The van der Waals surface area contributed by atoms with Crippen molar-refractivity contribution in [3.8, 4) is 0 Å². The van der Waals surface area contributed by atoms with Crippen molar-refractivity contribution in [1.82, 2.24) is 4.98 Å². The molecule has 0 amide bonds. The summed E-state index contributed by atoms with van der Waals surface area (Å²) < 4.78 is 0. The Kier molecular flexibility index (Phi) is 4.67. The van der Waals surface area contributed by atoms with E-state index in [4.69, 9.17) is 16.7 Å². The van der Waals surface area contributed by atoms with Gasteiger partial charge in [-0.05, 0) is 18.6 Å². The van der Waals surface area contributed by atoms with Crippen molar-refractivity contribution in [3.63, 3.8) is 0 Å². The average molecular weight is 246 g/mol. The van der Waals surface area contributed by atoms with Crippen molar-refractivity contribution >= 4 is 17.6 Å². The normalized spacial score (nSPS) is 14.4. The SMILES string of the molecule is O=C(O)c1cccnc1C(O)C(O)CCCl. The lowest BCUT2D eigenvalue weighted by molar-refractivity contribution is 0.0134. The number of aromatic nitrogens is 1. The fourth-order valence-electron chi connectivity index (χ4n) is 1.29. The minimum atomic E-state index is -1.34. The summed E-state index contributed by atoms with van der Waals surface area (Å²) in [5.74, 6) is -1.02. The molecule has 0 bridgehead atoms. The van der Waals surface area contributed by atoms with E-state index < -0.39 is 18.2 Å². The molecule has 0 aliphatic rings. The van der Waals surface area contributed by atoms with E-state index in [1.165, 1.54) is 18.3 Å². The van der Waals surface area contributed by atoms with Gasteiger partial charge in [0.2, 0.25) is 0 Å². The van der Waals surface area contributed by atoms with E-state index in [9.17, 15) is 15.0 Å². The summed E-state index contributed by atoms with van der Waals surface area (Å²) in [5, 5.41) is 28.1. The fraction of sp³-hybridized carbons (Fsp3) is 0.400. The standard InChI is InChI=1S/C10H12ClNO4/c11-4-3-7(13)9(14)8-6(10(15)16)2-1-5-12-8/h1-2,5,7,9,13-14H,3-4H2,(H,15,16). The maximum Gasteiger partial charge on any atom is 0.337 e. The van der Waals surface area contributed by atoms with Gasteiger partial charge in [0, 0.05) is 12.1 Å². The van der Waals surface area contributed by atoms with Crippen LogP contribution in [0.4, 0.5) is 0 Å². The Bertz CT molecular complexity index is 372. The van der Waals surface area contributed by atoms with Crippen LogP contribution in [-0.2, 0) is 0 Å². The molecule has 16 heavy (non-hydrogen) atoms. The topological polar surface area (TPSA) is 90.7 Å². The molecule has 2 unspecified atom stereocenters. The van der Waals surface area contributed by atoms with E-state index in [-0.39, 0.29) is 23.6 Å². The lowest BCUT2D eigenvalue weighted by Gasteiger charge is -2.17. The van der Waals surface area contributed by atoms with Gasteiger partial charge in [-0.1, -0.05) is 0 Å². The van der Waals surface area contributed by atoms with Gasteiger partial charge >= 0.3 is 5.97 Å². The number of carboxylic acid groups (broad SMARTS) is 1. The maximum atomic E-state index is 10.8. The summed E-state index contributed by atoms with van der Waals surface area (Å²) in [6.07, 6.45) is -0.937. The molecule has 0 spiro atoms. The smallest absolute Gasteiger partial charge is 0.337 e. The van der Waals surface area contributed by atoms with Crippen LogP contribution in [0.15, 0.2) is 18.3 Å². The Hall–Kier alpha value is -1.17. The van der Waals surface area contributed by atoms with E-state index in [1.807, 2.05) is 0 Å². The Labute approximate surface area is 97.3 Å². The molecule has 3 N–H and O–H groups in total. The first-order chi connectivity index (χ1) is 7.57. The highest BCUT2D eigenvalue weighted by Crippen LogP contribution is 2.20. The van der Waals surface area contributed by atoms with E-state index in [0.717, 1.165) is 0 Å². The van der Waals surface area contributed by atoms with Crippen LogP contribution in [0.5, 0.6) is 0 Å². The van der Waals surface area contributed by atoms with Crippen LogP contribution in [-0.4, -0.2) is 38.3 Å². The first kappa shape index (κ1) is 12.9. The second-order valence-corrected chi connectivity index (χ2v) is 3.61. The van der Waals surface area contributed by atoms with E-state index in [0.29, 0.717) is 0 Å². The minimum absolute atomic E-state index is 0.0485. The zero-order valence-corrected chi connectivity index (χ0v) is 9.13. The second kappa shape index (κ2) is 5.79. The number of pyridine rings is 1. The third kappa shape index (κ3) is 2.91. The molecule has 2 atom stereocenters. The highest BCUT2D eigenvalue weighted by atomic mass is 35.5. The number of rotatable bonds is 5. The number of carboxylic acids is 1. The molecule has 0 aliphatic heterocycles. The molecule has 0 saturated heterocycles. The Morgan fingerprint density at radius 3 is 2.75 bits per heavy atom. The predicted octanol–water partition coefficient (Wildman–Crippen LogP) is 0.803. The lowest BCUT2D eigenvalue weighted by Crippen LogP contribution is -2.22. The van der Waals surface area contributed by atoms with Crippen LogP contribution in [0.1, 0.15) is 28.6 Å². The minimum Gasteiger partial charge on any atom is -0.478 e. The van der Waals surface area contributed by atoms with Gasteiger partial charge in [-0.3, -0.25) is 4.98 Å². The summed E-state index contributed by atoms with van der Waals surface area (Å²) in [6, 6.07) is 2.77. The molecule has 0 saturated carbocycles. The summed E-state index contributed by atoms with van der Waals surface area (Å²) in [7, 11) is 0. The molecule has 6 heteroatoms. The predicted molar refractivity (Wildman–Crippen MR) is 57.5 cm³/mol. The van der Waals surface area contributed by atoms with Crippen molar-refractivity contribution in [2.24, 2.45) is 0 Å². The number of halogens is 1. The number of alkyl halides is 1. The summed E-state index contributed by atoms with van der Waals surface area (Å²) >= 11 is 5.42. The van der Waals surface area contributed by atoms with E-state index in [1.54, 1.807) is 0 Å². The van der Waals surface area contributed by atoms with Gasteiger partial charge in [-0.2, -0.15) is 0 Å². The molecule has 1 heterocycles. The summed E-state index contributed by atoms with van der Waals surface area (Å²) in [5.41, 5.74) is -0.170. The van der Waals surface area contributed by atoms with Crippen LogP contribution in [0.3, 0.4) is 0 Å². The monoisotopic (exact) mass is 245 g/mol. The first-order valence-electron chi connectivity index (χ1n) is 4.68. The number of aliphatic hydroxyl groups excluding tert-OH is 2. The molecule has 0 aromatic carbocycles. The van der Waals surface area contributed by atoms with Gasteiger partial charge in [0.1, 0.15) is 6.10 Å². The number of hydrogen-bond acceptors (Lipinski definition) is 4. The van der Waals surface area contributed by atoms with Crippen LogP contribution in [0, 0.1) is 0 Å². The average Bonchev–Trinajstić information content (AvgIpc) is 2.28. The van der Waals surface area contributed by atoms with E-state index in [2.05, 4.69) is 4.98 Å². The highest BCUT2D eigenvalue weighted by Gasteiger charge is 2.24. The van der Waals surface area contributed by atoms with Gasteiger partial charge in [-0.15, -0.1) is 11.6 Å². The molecule has 1 rings (SSSR count). The third-order valence-electron chi connectivity index (χ3n) is 2.12. The summed E-state index contributed by atoms with van der Waals surface area (Å²) in [4.78, 5) is 14.6. The van der Waals surface area contributed by atoms with Gasteiger partial charge in [0.25, 0.3) is 0 Å². The zero-order chi connectivity index (χ0) is 12.1. The fourth-order valence-corrected chi connectivity index (χ4v) is 1.51. The lowest BCUT2D eigenvalue weighted by atomic mass is 10.0. The van der Waals surface area contributed by atoms with Crippen molar-refractivity contribution in [3.05, 3.63) is 29.6 Å². The Balaban J connectivity index is 2.98. The van der Waals surface area contributed by atoms with Crippen LogP contribution >= 0.6 is 11.6 Å². The molecular weight excluding hydrogens is 234 g/mol. The molecule has 0 fully saturated rings. The number of aromatic carboxylic acids is 1. The second-order valence-electron chi connectivity index (χ2n) is 3.23. The molecule has 1 aromatic heterocycles. The number of nitrogens with zero attached hydrogens (tertiary/aromatic N) is 1. The van der Waals surface area contributed by atoms with Crippen molar-refractivity contribution in [2.45, 2.75) is 18.6 Å². The highest BCUT2D eigenvalue weighted by molar-refractivity contribution is 6.17. The number of aliphatic hydroxyl groups is 2. The first-order valence-corrected chi connectivity index (χ1v) is 5.21. The molecule has 5 nitrogen and oxygen atoms in total. The van der Waals surface area contributed by atoms with Crippen LogP contribution < -0.4 is 0 Å². The van der Waals surface area contributed by atoms with Gasteiger partial charge < -0.3 is 15.3 Å². The molecular formula is C10H12ClNO4. The van der Waals surface area contributed by atoms with E-state index >= 15 is 0 Å². The quantitative estimate of drug-likeness (QED) is 0.668. The van der Waals surface area contributed by atoms with Crippen molar-refractivity contribution in [1.29, 1.82) is 0 Å².